The molecule has 4 atom stereocenters. The number of aromatic nitrogens is 1. The van der Waals surface area contributed by atoms with Crippen LogP contribution in [0.3, 0.4) is 0 Å². The molecule has 0 aliphatic carbocycles. The summed E-state index contributed by atoms with van der Waals surface area (Å²) in [5.41, 5.74) is 0.852. The van der Waals surface area contributed by atoms with Gasteiger partial charge in [-0.25, -0.2) is 0 Å². The third kappa shape index (κ3) is 2.18. The number of carbonyl (C=O) groups excluding carboxylic acids is 2. The van der Waals surface area contributed by atoms with Crippen molar-refractivity contribution >= 4 is 11.9 Å². The van der Waals surface area contributed by atoms with Gasteiger partial charge in [0.25, 0.3) is 0 Å². The van der Waals surface area contributed by atoms with Crippen LogP contribution in [0.1, 0.15) is 5.56 Å². The normalized spacial score (nSPS) is 30.4. The molecule has 1 aromatic rings. The maximum Gasteiger partial charge on any atom is 0.227 e. The number of carbonyl (C=O) groups is 2. The van der Waals surface area contributed by atoms with Crippen LogP contribution in [0.15, 0.2) is 36.7 Å². The summed E-state index contributed by atoms with van der Waals surface area (Å²) < 4.78 is 5.43. The van der Waals surface area contributed by atoms with Crippen molar-refractivity contribution < 1.29 is 19.4 Å². The molecule has 3 rings (SSSR count). The molecular weight excluding hydrogens is 260 g/mol. The van der Waals surface area contributed by atoms with Gasteiger partial charge in [0, 0.05) is 30.8 Å². The van der Waals surface area contributed by atoms with E-state index in [1.54, 1.807) is 30.6 Å². The quantitative estimate of drug-likeness (QED) is 0.712. The van der Waals surface area contributed by atoms with Crippen LogP contribution in [0.5, 0.6) is 0 Å². The summed E-state index contributed by atoms with van der Waals surface area (Å²) in [5.74, 6) is -3.23. The Labute approximate surface area is 115 Å². The fourth-order valence-corrected chi connectivity index (χ4v) is 2.71. The van der Waals surface area contributed by atoms with E-state index in [1.807, 2.05) is 6.07 Å². The lowest BCUT2D eigenvalue weighted by Gasteiger charge is -2.24. The Morgan fingerprint density at radius 1 is 1.30 bits per heavy atom. The zero-order valence-electron chi connectivity index (χ0n) is 10.6. The largest absolute Gasteiger partial charge is 0.550 e. The van der Waals surface area contributed by atoms with Gasteiger partial charge < -0.3 is 20.0 Å². The second-order valence-corrected chi connectivity index (χ2v) is 4.90. The van der Waals surface area contributed by atoms with Gasteiger partial charge in [-0.05, 0) is 11.6 Å². The fourth-order valence-electron chi connectivity index (χ4n) is 2.71. The number of fused-ring (bicyclic) bond motifs is 2. The summed E-state index contributed by atoms with van der Waals surface area (Å²) in [7, 11) is 0. The van der Waals surface area contributed by atoms with Crippen LogP contribution in [-0.4, -0.2) is 29.1 Å². The van der Waals surface area contributed by atoms with E-state index in [0.717, 1.165) is 5.56 Å². The highest BCUT2D eigenvalue weighted by Crippen LogP contribution is 2.38. The number of ether oxygens (including phenoxy) is 1. The second-order valence-electron chi connectivity index (χ2n) is 4.90. The number of nitrogens with one attached hydrogen (secondary N) is 1. The van der Waals surface area contributed by atoms with Gasteiger partial charge in [0.1, 0.15) is 0 Å². The fraction of sp³-hybridized carbons (Fsp3) is 0.357. The Balaban J connectivity index is 1.68. The topological polar surface area (TPSA) is 91.3 Å². The molecule has 0 radical (unpaired) electrons. The number of hydrogen-bond acceptors (Lipinski definition) is 5. The summed E-state index contributed by atoms with van der Waals surface area (Å²) in [6, 6.07) is 3.61. The van der Waals surface area contributed by atoms with Gasteiger partial charge in [-0.1, -0.05) is 18.2 Å². The molecule has 20 heavy (non-hydrogen) atoms. The molecule has 104 valence electrons. The predicted molar refractivity (Wildman–Crippen MR) is 65.9 cm³/mol. The number of pyridine rings is 1. The van der Waals surface area contributed by atoms with Crippen LogP contribution in [-0.2, 0) is 20.9 Å². The van der Waals surface area contributed by atoms with E-state index in [9.17, 15) is 14.7 Å². The lowest BCUT2D eigenvalue weighted by atomic mass is 9.82. The van der Waals surface area contributed by atoms with Gasteiger partial charge in [-0.15, -0.1) is 0 Å². The molecule has 1 saturated heterocycles. The molecule has 2 bridgehead atoms. The molecule has 1 fully saturated rings. The van der Waals surface area contributed by atoms with Crippen LogP contribution in [0.2, 0.25) is 0 Å². The first-order valence-electron chi connectivity index (χ1n) is 6.38. The van der Waals surface area contributed by atoms with E-state index in [0.29, 0.717) is 6.54 Å². The van der Waals surface area contributed by atoms with Crippen molar-refractivity contribution in [1.29, 1.82) is 0 Å². The van der Waals surface area contributed by atoms with Crippen molar-refractivity contribution in [2.75, 3.05) is 0 Å². The summed E-state index contributed by atoms with van der Waals surface area (Å²) in [6.07, 6.45) is 5.67. The van der Waals surface area contributed by atoms with Crippen molar-refractivity contribution in [2.24, 2.45) is 11.8 Å². The molecule has 1 N–H and O–H groups in total. The molecule has 3 heterocycles. The SMILES string of the molecule is O=C([O-])[C@@H]1[C@H](C(=O)NCc2cccnc2)[C@H]2C=C[C@@H]1O2. The molecule has 6 heteroatoms. The van der Waals surface area contributed by atoms with Gasteiger partial charge in [-0.2, -0.15) is 0 Å². The van der Waals surface area contributed by atoms with E-state index in [2.05, 4.69) is 10.3 Å². The third-order valence-corrected chi connectivity index (χ3v) is 3.66. The number of carboxylic acid groups (broad SMARTS) is 1. The summed E-state index contributed by atoms with van der Waals surface area (Å²) in [4.78, 5) is 27.3. The van der Waals surface area contributed by atoms with Crippen molar-refractivity contribution in [1.82, 2.24) is 10.3 Å². The molecule has 0 unspecified atom stereocenters. The standard InChI is InChI=1S/C14H14N2O4/c17-13(16-7-8-2-1-5-15-6-8)11-9-3-4-10(20-9)12(11)14(18)19/h1-6,9-12H,7H2,(H,16,17)(H,18,19)/p-1/t9-,10+,11-,12+/m1/s1. The zero-order valence-corrected chi connectivity index (χ0v) is 10.6. The van der Waals surface area contributed by atoms with E-state index in [-0.39, 0.29) is 5.91 Å². The maximum absolute atomic E-state index is 12.2. The van der Waals surface area contributed by atoms with Crippen LogP contribution in [0.25, 0.3) is 0 Å². The molecule has 2 aliphatic rings. The number of aliphatic carboxylic acids is 1. The second kappa shape index (κ2) is 5.05. The zero-order chi connectivity index (χ0) is 14.1. The number of hydrogen-bond donors (Lipinski definition) is 1. The molecule has 6 nitrogen and oxygen atoms in total. The highest BCUT2D eigenvalue weighted by atomic mass is 16.5. The van der Waals surface area contributed by atoms with Gasteiger partial charge in [-0.3, -0.25) is 9.78 Å². The van der Waals surface area contributed by atoms with E-state index >= 15 is 0 Å². The van der Waals surface area contributed by atoms with Crippen LogP contribution >= 0.6 is 0 Å². The summed E-state index contributed by atoms with van der Waals surface area (Å²) in [6.45, 7) is 0.310. The predicted octanol–water partition coefficient (Wildman–Crippen LogP) is -0.983. The molecule has 0 spiro atoms. The highest BCUT2D eigenvalue weighted by molar-refractivity contribution is 5.86. The minimum Gasteiger partial charge on any atom is -0.550 e. The minimum atomic E-state index is -1.25. The first-order chi connectivity index (χ1) is 9.66. The lowest BCUT2D eigenvalue weighted by molar-refractivity contribution is -0.313. The van der Waals surface area contributed by atoms with Gasteiger partial charge >= 0.3 is 0 Å². The minimum absolute atomic E-state index is 0.310. The molecular formula is C14H13N2O4-. The summed E-state index contributed by atoms with van der Waals surface area (Å²) in [5, 5.41) is 13.9. The maximum atomic E-state index is 12.2. The Hall–Kier alpha value is -2.21. The van der Waals surface area contributed by atoms with Gasteiger partial charge in [0.05, 0.1) is 18.1 Å². The van der Waals surface area contributed by atoms with Crippen LogP contribution in [0.4, 0.5) is 0 Å². The molecule has 1 amide bonds. The Kier molecular flexibility index (Phi) is 3.23. The average molecular weight is 273 g/mol. The number of nitrogens with zero attached hydrogens (tertiary/aromatic N) is 1. The average Bonchev–Trinajstić information content (AvgIpc) is 3.06. The van der Waals surface area contributed by atoms with Crippen molar-refractivity contribution in [3.05, 3.63) is 42.2 Å². The van der Waals surface area contributed by atoms with Crippen LogP contribution < -0.4 is 10.4 Å². The monoisotopic (exact) mass is 273 g/mol. The molecule has 0 saturated carbocycles. The lowest BCUT2D eigenvalue weighted by Crippen LogP contribution is -2.46. The number of amides is 1. The number of rotatable bonds is 4. The van der Waals surface area contributed by atoms with Crippen molar-refractivity contribution in [3.8, 4) is 0 Å². The summed E-state index contributed by atoms with van der Waals surface area (Å²) >= 11 is 0. The van der Waals surface area contributed by atoms with Gasteiger partial charge in [0.2, 0.25) is 5.91 Å². The molecule has 1 aromatic heterocycles. The number of carboxylic acids is 1. The highest BCUT2D eigenvalue weighted by Gasteiger charge is 2.50. The van der Waals surface area contributed by atoms with Crippen molar-refractivity contribution in [3.63, 3.8) is 0 Å². The van der Waals surface area contributed by atoms with E-state index in [1.165, 1.54) is 0 Å². The Morgan fingerprint density at radius 3 is 2.70 bits per heavy atom. The van der Waals surface area contributed by atoms with Gasteiger partial charge in [0.15, 0.2) is 0 Å². The smallest absolute Gasteiger partial charge is 0.227 e. The molecule has 0 aromatic carbocycles. The molecule has 2 aliphatic heterocycles. The Bertz CT molecular complexity index is 558. The van der Waals surface area contributed by atoms with Crippen molar-refractivity contribution in [2.45, 2.75) is 18.8 Å². The van der Waals surface area contributed by atoms with E-state index < -0.39 is 30.0 Å². The van der Waals surface area contributed by atoms with Crippen LogP contribution in [0, 0.1) is 11.8 Å². The first-order valence-corrected chi connectivity index (χ1v) is 6.38. The third-order valence-electron chi connectivity index (χ3n) is 3.66. The first kappa shape index (κ1) is 12.8. The Morgan fingerprint density at radius 2 is 2.05 bits per heavy atom. The van der Waals surface area contributed by atoms with E-state index in [4.69, 9.17) is 4.74 Å².